The van der Waals surface area contributed by atoms with Crippen molar-refractivity contribution < 1.29 is 4.39 Å². The summed E-state index contributed by atoms with van der Waals surface area (Å²) in [6.45, 7) is 1.95. The summed E-state index contributed by atoms with van der Waals surface area (Å²) in [4.78, 5) is 0. The Hall–Kier alpha value is -0.750. The minimum Gasteiger partial charge on any atom is -0.385 e. The van der Waals surface area contributed by atoms with Crippen molar-refractivity contribution in [3.63, 3.8) is 0 Å². The van der Waals surface area contributed by atoms with E-state index in [2.05, 4.69) is 20.3 Å². The van der Waals surface area contributed by atoms with Gasteiger partial charge >= 0.3 is 0 Å². The molecule has 80 valence electrons. The minimum absolute atomic E-state index is 0.0346. The first-order chi connectivity index (χ1) is 7.09. The van der Waals surface area contributed by atoms with Crippen molar-refractivity contribution in [3.05, 3.63) is 28.5 Å². The SMILES string of the molecule is CC1C(N)=NSN1c1ccc(F)c(Br)c1. The van der Waals surface area contributed by atoms with E-state index in [4.69, 9.17) is 5.73 Å². The largest absolute Gasteiger partial charge is 0.385 e. The van der Waals surface area contributed by atoms with Gasteiger partial charge in [-0.3, -0.25) is 4.31 Å². The van der Waals surface area contributed by atoms with Crippen LogP contribution < -0.4 is 10.0 Å². The molecule has 1 aliphatic rings. The maximum absolute atomic E-state index is 13.0. The lowest BCUT2D eigenvalue weighted by atomic mass is 10.2. The molecule has 0 saturated heterocycles. The van der Waals surface area contributed by atoms with Crippen molar-refractivity contribution in [2.24, 2.45) is 10.1 Å². The predicted octanol–water partition coefficient (Wildman–Crippen LogP) is 2.72. The summed E-state index contributed by atoms with van der Waals surface area (Å²) in [5, 5.41) is 0. The first-order valence-corrected chi connectivity index (χ1v) is 5.86. The predicted molar refractivity (Wildman–Crippen MR) is 65.3 cm³/mol. The number of nitrogens with zero attached hydrogens (tertiary/aromatic N) is 2. The van der Waals surface area contributed by atoms with Crippen LogP contribution in [0.1, 0.15) is 6.92 Å². The van der Waals surface area contributed by atoms with E-state index in [1.165, 1.54) is 18.2 Å². The van der Waals surface area contributed by atoms with Gasteiger partial charge in [-0.1, -0.05) is 0 Å². The van der Waals surface area contributed by atoms with Crippen LogP contribution in [-0.4, -0.2) is 11.9 Å². The molecule has 0 spiro atoms. The van der Waals surface area contributed by atoms with Crippen molar-refractivity contribution in [1.29, 1.82) is 0 Å². The molecule has 1 aromatic rings. The van der Waals surface area contributed by atoms with Gasteiger partial charge in [-0.15, -0.1) is 0 Å². The highest BCUT2D eigenvalue weighted by atomic mass is 79.9. The fourth-order valence-electron chi connectivity index (χ4n) is 1.25. The highest BCUT2D eigenvalue weighted by Gasteiger charge is 2.25. The molecule has 0 bridgehead atoms. The van der Waals surface area contributed by atoms with Crippen LogP contribution in [0.5, 0.6) is 0 Å². The van der Waals surface area contributed by atoms with Crippen LogP contribution in [0, 0.1) is 5.82 Å². The molecular weight excluding hydrogens is 281 g/mol. The van der Waals surface area contributed by atoms with Gasteiger partial charge in [0.2, 0.25) is 0 Å². The smallest absolute Gasteiger partial charge is 0.137 e. The third-order valence-corrected chi connectivity index (χ3v) is 3.77. The molecular formula is C9H9BrFN3S. The first-order valence-electron chi connectivity index (χ1n) is 4.34. The normalized spacial score (nSPS) is 20.6. The first kappa shape index (κ1) is 10.8. The number of amidine groups is 1. The van der Waals surface area contributed by atoms with Crippen molar-refractivity contribution in [3.8, 4) is 0 Å². The minimum atomic E-state index is -0.274. The van der Waals surface area contributed by atoms with Crippen LogP contribution in [0.2, 0.25) is 0 Å². The van der Waals surface area contributed by atoms with Gasteiger partial charge < -0.3 is 5.73 Å². The van der Waals surface area contributed by atoms with Gasteiger partial charge in [0.1, 0.15) is 11.7 Å². The number of nitrogens with two attached hydrogens (primary N) is 1. The molecule has 2 rings (SSSR count). The fraction of sp³-hybridized carbons (Fsp3) is 0.222. The molecule has 1 aromatic carbocycles. The van der Waals surface area contributed by atoms with Crippen LogP contribution in [0.15, 0.2) is 27.1 Å². The van der Waals surface area contributed by atoms with Crippen LogP contribution >= 0.6 is 28.1 Å². The van der Waals surface area contributed by atoms with Gasteiger partial charge in [-0.25, -0.2) is 4.39 Å². The van der Waals surface area contributed by atoms with Gasteiger partial charge in [0.05, 0.1) is 28.3 Å². The number of rotatable bonds is 1. The summed E-state index contributed by atoms with van der Waals surface area (Å²) >= 11 is 4.43. The number of hydrogen-bond acceptors (Lipinski definition) is 4. The van der Waals surface area contributed by atoms with Gasteiger partial charge in [-0.2, -0.15) is 4.40 Å². The summed E-state index contributed by atoms with van der Waals surface area (Å²) in [5.41, 5.74) is 6.56. The number of benzene rings is 1. The van der Waals surface area contributed by atoms with E-state index in [1.807, 2.05) is 11.2 Å². The molecule has 15 heavy (non-hydrogen) atoms. The summed E-state index contributed by atoms with van der Waals surface area (Å²) in [6.07, 6.45) is 0. The zero-order valence-electron chi connectivity index (χ0n) is 7.95. The van der Waals surface area contributed by atoms with E-state index >= 15 is 0 Å². The maximum Gasteiger partial charge on any atom is 0.137 e. The Labute approximate surface area is 99.9 Å². The molecule has 3 nitrogen and oxygen atoms in total. The molecule has 0 fully saturated rings. The van der Waals surface area contributed by atoms with E-state index in [0.717, 1.165) is 5.69 Å². The Morgan fingerprint density at radius 3 is 2.87 bits per heavy atom. The fourth-order valence-corrected chi connectivity index (χ4v) is 2.41. The zero-order valence-corrected chi connectivity index (χ0v) is 10.3. The third kappa shape index (κ3) is 1.96. The quantitative estimate of drug-likeness (QED) is 0.809. The highest BCUT2D eigenvalue weighted by molar-refractivity contribution is 9.10. The second kappa shape index (κ2) is 4.02. The summed E-state index contributed by atoms with van der Waals surface area (Å²) in [5.74, 6) is 0.310. The Kier molecular flexibility index (Phi) is 2.88. The molecule has 1 atom stereocenters. The molecule has 1 aliphatic heterocycles. The average molecular weight is 290 g/mol. The van der Waals surface area contributed by atoms with E-state index in [9.17, 15) is 4.39 Å². The second-order valence-corrected chi connectivity index (χ2v) is 4.79. The molecule has 0 aliphatic carbocycles. The lowest BCUT2D eigenvalue weighted by Crippen LogP contribution is -2.33. The number of anilines is 1. The zero-order chi connectivity index (χ0) is 11.0. The average Bonchev–Trinajstić information content (AvgIpc) is 2.53. The standard InChI is InChI=1S/C9H9BrFN3S/c1-5-9(12)13-15-14(5)6-2-3-8(11)7(10)4-6/h2-5H,1H3,(H2,12,13). The summed E-state index contributed by atoms with van der Waals surface area (Å²) in [6, 6.07) is 4.87. The second-order valence-electron chi connectivity index (χ2n) is 3.20. The lowest BCUT2D eigenvalue weighted by molar-refractivity contribution is 0.621. The van der Waals surface area contributed by atoms with Crippen LogP contribution in [0.4, 0.5) is 10.1 Å². The Morgan fingerprint density at radius 2 is 2.33 bits per heavy atom. The monoisotopic (exact) mass is 289 g/mol. The van der Waals surface area contributed by atoms with Crippen molar-refractivity contribution in [2.45, 2.75) is 13.0 Å². The van der Waals surface area contributed by atoms with Crippen molar-refractivity contribution in [1.82, 2.24) is 0 Å². The van der Waals surface area contributed by atoms with E-state index < -0.39 is 0 Å². The van der Waals surface area contributed by atoms with Crippen LogP contribution in [0.3, 0.4) is 0 Å². The molecule has 1 heterocycles. The van der Waals surface area contributed by atoms with Gasteiger partial charge in [0.25, 0.3) is 0 Å². The van der Waals surface area contributed by atoms with E-state index in [-0.39, 0.29) is 11.9 Å². The highest BCUT2D eigenvalue weighted by Crippen LogP contribution is 2.33. The van der Waals surface area contributed by atoms with Crippen molar-refractivity contribution >= 4 is 39.6 Å². The summed E-state index contributed by atoms with van der Waals surface area (Å²) < 4.78 is 19.5. The Bertz CT molecular complexity index is 424. The number of hydrogen-bond donors (Lipinski definition) is 1. The summed E-state index contributed by atoms with van der Waals surface area (Å²) in [7, 11) is 0. The molecule has 0 aromatic heterocycles. The van der Waals surface area contributed by atoms with Crippen LogP contribution in [-0.2, 0) is 0 Å². The molecule has 2 N–H and O–H groups in total. The van der Waals surface area contributed by atoms with Crippen LogP contribution in [0.25, 0.3) is 0 Å². The van der Waals surface area contributed by atoms with Crippen molar-refractivity contribution in [2.75, 3.05) is 4.31 Å². The van der Waals surface area contributed by atoms with E-state index in [1.54, 1.807) is 12.1 Å². The van der Waals surface area contributed by atoms with E-state index in [0.29, 0.717) is 10.3 Å². The Morgan fingerprint density at radius 1 is 1.60 bits per heavy atom. The molecule has 0 radical (unpaired) electrons. The van der Waals surface area contributed by atoms with Gasteiger partial charge in [0.15, 0.2) is 0 Å². The Balaban J connectivity index is 2.28. The maximum atomic E-state index is 13.0. The number of halogens is 2. The van der Waals surface area contributed by atoms with Gasteiger partial charge in [0, 0.05) is 0 Å². The lowest BCUT2D eigenvalue weighted by Gasteiger charge is -2.20. The molecule has 1 unspecified atom stereocenters. The van der Waals surface area contributed by atoms with Gasteiger partial charge in [-0.05, 0) is 41.1 Å². The third-order valence-electron chi connectivity index (χ3n) is 2.17. The molecule has 0 amide bonds. The molecule has 6 heteroatoms. The topological polar surface area (TPSA) is 41.6 Å². The molecule has 0 saturated carbocycles.